The van der Waals surface area contributed by atoms with Crippen LogP contribution in [0.4, 0.5) is 0 Å². The van der Waals surface area contributed by atoms with Crippen LogP contribution >= 0.6 is 0 Å². The first-order valence-electron chi connectivity index (χ1n) is 6.18. The molecular formula is C13H21NO3. The van der Waals surface area contributed by atoms with E-state index in [4.69, 9.17) is 15.9 Å². The second-order valence-electron chi connectivity index (χ2n) is 4.04. The lowest BCUT2D eigenvalue weighted by Gasteiger charge is -2.21. The van der Waals surface area contributed by atoms with E-state index in [1.807, 2.05) is 13.8 Å². The Kier molecular flexibility index (Phi) is 6.03. The third-order valence-electron chi connectivity index (χ3n) is 2.79. The minimum atomic E-state index is -0.220. The van der Waals surface area contributed by atoms with Crippen LogP contribution in [0.2, 0.25) is 0 Å². The van der Waals surface area contributed by atoms with Gasteiger partial charge < -0.3 is 14.4 Å². The number of nitrogens with zero attached hydrogens (tertiary/aromatic N) is 1. The zero-order valence-corrected chi connectivity index (χ0v) is 10.6. The van der Waals surface area contributed by atoms with Crippen LogP contribution in [-0.4, -0.2) is 43.4 Å². The summed E-state index contributed by atoms with van der Waals surface area (Å²) in [5, 5.41) is 0. The number of rotatable bonds is 7. The molecule has 4 nitrogen and oxygen atoms in total. The predicted molar refractivity (Wildman–Crippen MR) is 65.2 cm³/mol. The van der Waals surface area contributed by atoms with Crippen molar-refractivity contribution in [1.29, 1.82) is 0 Å². The third kappa shape index (κ3) is 4.37. The number of likely N-dealkylation sites (tertiary alicyclic amines) is 1. The van der Waals surface area contributed by atoms with Gasteiger partial charge in [-0.15, -0.1) is 12.3 Å². The molecule has 1 heterocycles. The van der Waals surface area contributed by atoms with E-state index in [-0.39, 0.29) is 18.1 Å². The van der Waals surface area contributed by atoms with Crippen LogP contribution in [0.3, 0.4) is 0 Å². The molecule has 0 aliphatic carbocycles. The molecule has 0 aromatic carbocycles. The Hall–Kier alpha value is -1.05. The number of hydrogen-bond acceptors (Lipinski definition) is 3. The minimum absolute atomic E-state index is 0.0696. The van der Waals surface area contributed by atoms with Crippen molar-refractivity contribution >= 4 is 5.91 Å². The molecule has 96 valence electrons. The molecule has 0 radical (unpaired) electrons. The number of ether oxygens (including phenoxy) is 2. The number of carbonyl (C=O) groups is 1. The van der Waals surface area contributed by atoms with E-state index in [0.717, 1.165) is 0 Å². The van der Waals surface area contributed by atoms with Crippen molar-refractivity contribution in [3.05, 3.63) is 0 Å². The van der Waals surface area contributed by atoms with Gasteiger partial charge >= 0.3 is 0 Å². The molecular weight excluding hydrogens is 218 g/mol. The first-order chi connectivity index (χ1) is 8.21. The van der Waals surface area contributed by atoms with E-state index in [1.165, 1.54) is 0 Å². The highest BCUT2D eigenvalue weighted by molar-refractivity contribution is 5.79. The Morgan fingerprint density at radius 3 is 2.59 bits per heavy atom. The van der Waals surface area contributed by atoms with E-state index in [2.05, 4.69) is 5.92 Å². The highest BCUT2D eigenvalue weighted by Gasteiger charge is 2.28. The second-order valence-corrected chi connectivity index (χ2v) is 4.04. The maximum Gasteiger partial charge on any atom is 0.223 e. The summed E-state index contributed by atoms with van der Waals surface area (Å²) in [6.45, 7) is 6.42. The minimum Gasteiger partial charge on any atom is -0.353 e. The van der Waals surface area contributed by atoms with Crippen molar-refractivity contribution in [2.75, 3.05) is 26.3 Å². The molecule has 0 aromatic heterocycles. The summed E-state index contributed by atoms with van der Waals surface area (Å²) < 4.78 is 10.9. The molecule has 1 rings (SSSR count). The molecule has 1 fully saturated rings. The Bertz CT molecular complexity index is 279. The molecule has 1 atom stereocenters. The Balaban J connectivity index is 2.34. The number of hydrogen-bond donors (Lipinski definition) is 0. The zero-order chi connectivity index (χ0) is 12.7. The van der Waals surface area contributed by atoms with Crippen LogP contribution in [-0.2, 0) is 14.3 Å². The van der Waals surface area contributed by atoms with Gasteiger partial charge in [-0.05, 0) is 13.8 Å². The molecule has 1 unspecified atom stereocenters. The van der Waals surface area contributed by atoms with Gasteiger partial charge in [0.25, 0.3) is 0 Å². The summed E-state index contributed by atoms with van der Waals surface area (Å²) in [6, 6.07) is 0. The molecule has 0 N–H and O–H groups in total. The van der Waals surface area contributed by atoms with Gasteiger partial charge in [-0.25, -0.2) is 0 Å². The molecule has 17 heavy (non-hydrogen) atoms. The Morgan fingerprint density at radius 2 is 2.12 bits per heavy atom. The zero-order valence-electron chi connectivity index (χ0n) is 10.6. The lowest BCUT2D eigenvalue weighted by molar-refractivity contribution is -0.144. The predicted octanol–water partition coefficient (Wildman–Crippen LogP) is 1.26. The smallest absolute Gasteiger partial charge is 0.223 e. The van der Waals surface area contributed by atoms with Crippen molar-refractivity contribution in [1.82, 2.24) is 4.90 Å². The molecule has 1 saturated heterocycles. The van der Waals surface area contributed by atoms with Crippen LogP contribution in [0.25, 0.3) is 0 Å². The third-order valence-corrected chi connectivity index (χ3v) is 2.79. The van der Waals surface area contributed by atoms with Crippen molar-refractivity contribution in [3.8, 4) is 12.3 Å². The van der Waals surface area contributed by atoms with Crippen LogP contribution < -0.4 is 0 Å². The van der Waals surface area contributed by atoms with Gasteiger partial charge in [-0.3, -0.25) is 4.79 Å². The fourth-order valence-electron chi connectivity index (χ4n) is 1.95. The van der Waals surface area contributed by atoms with Crippen LogP contribution in [0.5, 0.6) is 0 Å². The fraction of sp³-hybridized carbons (Fsp3) is 0.769. The molecule has 1 aliphatic rings. The summed E-state index contributed by atoms with van der Waals surface area (Å²) in [5.41, 5.74) is 0. The lowest BCUT2D eigenvalue weighted by atomic mass is 10.1. The van der Waals surface area contributed by atoms with Crippen molar-refractivity contribution in [3.63, 3.8) is 0 Å². The van der Waals surface area contributed by atoms with Gasteiger partial charge in [0.1, 0.15) is 0 Å². The number of terminal acetylenes is 1. The maximum atomic E-state index is 11.6. The molecule has 0 aromatic rings. The summed E-state index contributed by atoms with van der Waals surface area (Å²) in [5.74, 6) is 2.85. The molecule has 1 aliphatic heterocycles. The molecule has 0 bridgehead atoms. The fourth-order valence-corrected chi connectivity index (χ4v) is 1.95. The summed E-state index contributed by atoms with van der Waals surface area (Å²) >= 11 is 0. The topological polar surface area (TPSA) is 38.8 Å². The SMILES string of the molecule is C#CC1CC(=O)N(CCC(OCC)OCC)C1. The normalized spacial score (nSPS) is 20.0. The van der Waals surface area contributed by atoms with Gasteiger partial charge in [0, 0.05) is 45.1 Å². The molecule has 0 spiro atoms. The Labute approximate surface area is 103 Å². The monoisotopic (exact) mass is 239 g/mol. The first kappa shape index (κ1) is 14.0. The quantitative estimate of drug-likeness (QED) is 0.496. The second kappa shape index (κ2) is 7.31. The van der Waals surface area contributed by atoms with E-state index < -0.39 is 0 Å². The summed E-state index contributed by atoms with van der Waals surface area (Å²) in [7, 11) is 0. The van der Waals surface area contributed by atoms with Gasteiger partial charge in [0.05, 0.1) is 0 Å². The number of carbonyl (C=O) groups excluding carboxylic acids is 1. The lowest BCUT2D eigenvalue weighted by Crippen LogP contribution is -2.30. The number of amides is 1. The van der Waals surface area contributed by atoms with Crippen molar-refractivity contribution < 1.29 is 14.3 Å². The van der Waals surface area contributed by atoms with E-state index >= 15 is 0 Å². The van der Waals surface area contributed by atoms with Crippen LogP contribution in [0.15, 0.2) is 0 Å². The Morgan fingerprint density at radius 1 is 1.47 bits per heavy atom. The first-order valence-corrected chi connectivity index (χ1v) is 6.18. The summed E-state index contributed by atoms with van der Waals surface area (Å²) in [6.07, 6.45) is 6.29. The largest absolute Gasteiger partial charge is 0.353 e. The summed E-state index contributed by atoms with van der Waals surface area (Å²) in [4.78, 5) is 13.4. The average molecular weight is 239 g/mol. The van der Waals surface area contributed by atoms with E-state index in [9.17, 15) is 4.79 Å². The van der Waals surface area contributed by atoms with Crippen molar-refractivity contribution in [2.24, 2.45) is 5.92 Å². The highest BCUT2D eigenvalue weighted by Crippen LogP contribution is 2.17. The maximum absolute atomic E-state index is 11.6. The average Bonchev–Trinajstić information content (AvgIpc) is 2.68. The van der Waals surface area contributed by atoms with Crippen LogP contribution in [0, 0.1) is 18.3 Å². The van der Waals surface area contributed by atoms with Gasteiger partial charge in [0.2, 0.25) is 5.91 Å². The molecule has 1 amide bonds. The van der Waals surface area contributed by atoms with Crippen LogP contribution in [0.1, 0.15) is 26.7 Å². The standard InChI is InChI=1S/C13H21NO3/c1-4-11-9-12(15)14(10-11)8-7-13(16-5-2)17-6-3/h1,11,13H,5-10H2,2-3H3. The van der Waals surface area contributed by atoms with E-state index in [1.54, 1.807) is 4.90 Å². The molecule has 0 saturated carbocycles. The van der Waals surface area contributed by atoms with E-state index in [0.29, 0.717) is 39.1 Å². The van der Waals surface area contributed by atoms with Gasteiger partial charge in [0.15, 0.2) is 6.29 Å². The van der Waals surface area contributed by atoms with Crippen molar-refractivity contribution in [2.45, 2.75) is 33.0 Å². The van der Waals surface area contributed by atoms with Gasteiger partial charge in [-0.2, -0.15) is 0 Å². The van der Waals surface area contributed by atoms with Gasteiger partial charge in [-0.1, -0.05) is 0 Å². The highest BCUT2D eigenvalue weighted by atomic mass is 16.7. The molecule has 4 heteroatoms.